The van der Waals surface area contributed by atoms with E-state index in [4.69, 9.17) is 4.74 Å². The number of nitrogens with zero attached hydrogens (tertiary/aromatic N) is 1. The molecular weight excluding hydrogens is 310 g/mol. The molecule has 0 heterocycles. The molecule has 2 aliphatic carbocycles. The van der Waals surface area contributed by atoms with Crippen LogP contribution in [-0.4, -0.2) is 30.1 Å². The summed E-state index contributed by atoms with van der Waals surface area (Å²) in [6.07, 6.45) is 11.8. The molecule has 3 nitrogen and oxygen atoms in total. The number of methoxy groups -OCH3 is 1. The fourth-order valence-electron chi connectivity index (χ4n) is 4.53. The highest BCUT2D eigenvalue weighted by Crippen LogP contribution is 2.31. The van der Waals surface area contributed by atoms with Crippen LogP contribution in [0.5, 0.6) is 0 Å². The Morgan fingerprint density at radius 3 is 2.32 bits per heavy atom. The number of amides is 1. The summed E-state index contributed by atoms with van der Waals surface area (Å²) in [7, 11) is 1.81. The maximum atomic E-state index is 13.2. The first-order chi connectivity index (χ1) is 12.3. The second kappa shape index (κ2) is 9.38. The Balaban J connectivity index is 1.62. The number of ether oxygens (including phenoxy) is 1. The van der Waals surface area contributed by atoms with Crippen LogP contribution in [0.15, 0.2) is 30.3 Å². The zero-order valence-corrected chi connectivity index (χ0v) is 15.7. The Kier molecular flexibility index (Phi) is 6.92. The molecule has 0 spiro atoms. The number of benzene rings is 1. The average Bonchev–Trinajstić information content (AvgIpc) is 2.68. The Bertz CT molecular complexity index is 516. The first-order valence-electron chi connectivity index (χ1n) is 10.1. The molecule has 2 saturated carbocycles. The molecular formula is C22H33NO2. The number of carbonyl (C=O) groups is 1. The minimum Gasteiger partial charge on any atom is -0.381 e. The van der Waals surface area contributed by atoms with Crippen molar-refractivity contribution >= 4 is 5.91 Å². The zero-order valence-electron chi connectivity index (χ0n) is 15.7. The highest BCUT2D eigenvalue weighted by atomic mass is 16.5. The Labute approximate surface area is 152 Å². The maximum Gasteiger partial charge on any atom is 0.223 e. The van der Waals surface area contributed by atoms with Crippen molar-refractivity contribution in [1.29, 1.82) is 0 Å². The topological polar surface area (TPSA) is 29.5 Å². The van der Waals surface area contributed by atoms with Gasteiger partial charge in [-0.05, 0) is 50.0 Å². The van der Waals surface area contributed by atoms with Gasteiger partial charge in [0.05, 0.1) is 6.10 Å². The second-order valence-corrected chi connectivity index (χ2v) is 7.88. The van der Waals surface area contributed by atoms with E-state index in [-0.39, 0.29) is 0 Å². The van der Waals surface area contributed by atoms with E-state index < -0.39 is 0 Å². The molecule has 0 aromatic heterocycles. The van der Waals surface area contributed by atoms with E-state index in [1.807, 2.05) is 6.07 Å². The Hall–Kier alpha value is -1.35. The van der Waals surface area contributed by atoms with E-state index >= 15 is 0 Å². The van der Waals surface area contributed by atoms with Gasteiger partial charge in [0.25, 0.3) is 0 Å². The molecule has 0 unspecified atom stereocenters. The predicted molar refractivity (Wildman–Crippen MR) is 101 cm³/mol. The van der Waals surface area contributed by atoms with Gasteiger partial charge in [0, 0.05) is 26.1 Å². The Morgan fingerprint density at radius 1 is 1.00 bits per heavy atom. The molecule has 0 aliphatic heterocycles. The van der Waals surface area contributed by atoms with Crippen molar-refractivity contribution < 1.29 is 9.53 Å². The van der Waals surface area contributed by atoms with Gasteiger partial charge in [-0.25, -0.2) is 0 Å². The van der Waals surface area contributed by atoms with E-state index in [2.05, 4.69) is 29.2 Å². The van der Waals surface area contributed by atoms with E-state index in [1.54, 1.807) is 7.11 Å². The van der Waals surface area contributed by atoms with E-state index in [0.29, 0.717) is 24.0 Å². The van der Waals surface area contributed by atoms with Crippen molar-refractivity contribution in [2.45, 2.75) is 82.9 Å². The molecule has 0 atom stereocenters. The van der Waals surface area contributed by atoms with Gasteiger partial charge >= 0.3 is 0 Å². The molecule has 0 saturated heterocycles. The summed E-state index contributed by atoms with van der Waals surface area (Å²) in [5.74, 6) is 0.914. The summed E-state index contributed by atoms with van der Waals surface area (Å²) in [5.41, 5.74) is 1.25. The van der Waals surface area contributed by atoms with Crippen molar-refractivity contribution in [2.24, 2.45) is 5.92 Å². The molecule has 3 heteroatoms. The standard InChI is InChI=1S/C22H33NO2/c1-25-21-14-12-18(13-15-21)16-22(24)23(20-10-6-3-7-11-20)17-19-8-4-2-5-9-19/h2,4-5,8-9,18,20-21H,3,6-7,10-17H2,1H3. The van der Waals surface area contributed by atoms with E-state index in [9.17, 15) is 4.79 Å². The summed E-state index contributed by atoms with van der Waals surface area (Å²) < 4.78 is 5.47. The monoisotopic (exact) mass is 343 g/mol. The summed E-state index contributed by atoms with van der Waals surface area (Å²) in [6.45, 7) is 0.776. The lowest BCUT2D eigenvalue weighted by molar-refractivity contribution is -0.136. The molecule has 1 aromatic carbocycles. The van der Waals surface area contributed by atoms with E-state index in [0.717, 1.165) is 38.6 Å². The van der Waals surface area contributed by atoms with Gasteiger partial charge in [0.2, 0.25) is 5.91 Å². The smallest absolute Gasteiger partial charge is 0.223 e. The number of carbonyl (C=O) groups excluding carboxylic acids is 1. The van der Waals surface area contributed by atoms with Crippen LogP contribution in [0.1, 0.15) is 69.8 Å². The molecule has 2 fully saturated rings. The summed E-state index contributed by atoms with van der Waals surface area (Å²) in [6, 6.07) is 10.9. The molecule has 2 aliphatic rings. The molecule has 0 radical (unpaired) electrons. The summed E-state index contributed by atoms with van der Waals surface area (Å²) in [5, 5.41) is 0. The van der Waals surface area contributed by atoms with Crippen LogP contribution in [0.2, 0.25) is 0 Å². The number of rotatable bonds is 6. The van der Waals surface area contributed by atoms with Gasteiger partial charge < -0.3 is 9.64 Å². The van der Waals surface area contributed by atoms with Gasteiger partial charge in [-0.3, -0.25) is 4.79 Å². The zero-order chi connectivity index (χ0) is 17.5. The molecule has 0 N–H and O–H groups in total. The van der Waals surface area contributed by atoms with Crippen molar-refractivity contribution in [1.82, 2.24) is 4.90 Å². The minimum atomic E-state index is 0.372. The van der Waals surface area contributed by atoms with E-state index in [1.165, 1.54) is 37.7 Å². The van der Waals surface area contributed by atoms with Gasteiger partial charge in [-0.15, -0.1) is 0 Å². The molecule has 1 amide bonds. The van der Waals surface area contributed by atoms with Crippen LogP contribution in [0.3, 0.4) is 0 Å². The SMILES string of the molecule is COC1CCC(CC(=O)N(Cc2ccccc2)C2CCCCC2)CC1. The Morgan fingerprint density at radius 2 is 1.68 bits per heavy atom. The minimum absolute atomic E-state index is 0.372. The summed E-state index contributed by atoms with van der Waals surface area (Å²) in [4.78, 5) is 15.4. The molecule has 1 aromatic rings. The fourth-order valence-corrected chi connectivity index (χ4v) is 4.53. The second-order valence-electron chi connectivity index (χ2n) is 7.88. The molecule has 25 heavy (non-hydrogen) atoms. The quantitative estimate of drug-likeness (QED) is 0.732. The third kappa shape index (κ3) is 5.31. The van der Waals surface area contributed by atoms with Crippen molar-refractivity contribution in [3.63, 3.8) is 0 Å². The van der Waals surface area contributed by atoms with Crippen molar-refractivity contribution in [3.8, 4) is 0 Å². The van der Waals surface area contributed by atoms with Crippen molar-refractivity contribution in [3.05, 3.63) is 35.9 Å². The highest BCUT2D eigenvalue weighted by Gasteiger charge is 2.29. The highest BCUT2D eigenvalue weighted by molar-refractivity contribution is 5.76. The van der Waals surface area contributed by atoms with Gasteiger partial charge in [-0.1, -0.05) is 49.6 Å². The number of hydrogen-bond donors (Lipinski definition) is 0. The third-order valence-corrected chi connectivity index (χ3v) is 6.12. The van der Waals surface area contributed by atoms with Crippen LogP contribution in [0, 0.1) is 5.92 Å². The van der Waals surface area contributed by atoms with Crippen LogP contribution in [0.25, 0.3) is 0 Å². The lowest BCUT2D eigenvalue weighted by Gasteiger charge is -2.36. The van der Waals surface area contributed by atoms with Gasteiger partial charge in [0.1, 0.15) is 0 Å². The first-order valence-corrected chi connectivity index (χ1v) is 10.1. The number of hydrogen-bond acceptors (Lipinski definition) is 2. The molecule has 0 bridgehead atoms. The lowest BCUT2D eigenvalue weighted by atomic mass is 9.84. The van der Waals surface area contributed by atoms with Crippen molar-refractivity contribution in [2.75, 3.05) is 7.11 Å². The van der Waals surface area contributed by atoms with Crippen LogP contribution >= 0.6 is 0 Å². The van der Waals surface area contributed by atoms with Gasteiger partial charge in [-0.2, -0.15) is 0 Å². The van der Waals surface area contributed by atoms with Crippen LogP contribution in [-0.2, 0) is 16.1 Å². The average molecular weight is 344 g/mol. The maximum absolute atomic E-state index is 13.2. The molecule has 3 rings (SSSR count). The van der Waals surface area contributed by atoms with Crippen LogP contribution in [0.4, 0.5) is 0 Å². The predicted octanol–water partition coefficient (Wildman–Crippen LogP) is 4.94. The van der Waals surface area contributed by atoms with Crippen LogP contribution < -0.4 is 0 Å². The third-order valence-electron chi connectivity index (χ3n) is 6.12. The fraction of sp³-hybridized carbons (Fsp3) is 0.682. The lowest BCUT2D eigenvalue weighted by Crippen LogP contribution is -2.42. The summed E-state index contributed by atoms with van der Waals surface area (Å²) >= 11 is 0. The first kappa shape index (κ1) is 18.4. The molecule has 138 valence electrons. The normalized spacial score (nSPS) is 24.8. The largest absolute Gasteiger partial charge is 0.381 e. The van der Waals surface area contributed by atoms with Gasteiger partial charge in [0.15, 0.2) is 0 Å².